The topological polar surface area (TPSA) is 62.4 Å². The predicted octanol–water partition coefficient (Wildman–Crippen LogP) is 1.47. The van der Waals surface area contributed by atoms with Crippen molar-refractivity contribution in [3.8, 4) is 0 Å². The van der Waals surface area contributed by atoms with Crippen molar-refractivity contribution in [3.63, 3.8) is 0 Å². The van der Waals surface area contributed by atoms with Gasteiger partial charge in [0.1, 0.15) is 0 Å². The molecular formula is C12H23N3O2. The molecule has 0 aliphatic carbocycles. The molecule has 0 saturated heterocycles. The Balaban J connectivity index is 2.49. The predicted molar refractivity (Wildman–Crippen MR) is 65.5 cm³/mol. The molecule has 1 aromatic heterocycles. The summed E-state index contributed by atoms with van der Waals surface area (Å²) in [6.45, 7) is 8.93. The summed E-state index contributed by atoms with van der Waals surface area (Å²) in [6.07, 6.45) is 0.832. The molecule has 0 aromatic carbocycles. The van der Waals surface area contributed by atoms with Crippen molar-refractivity contribution < 1.29 is 9.63 Å². The molecule has 0 aliphatic rings. The minimum atomic E-state index is -0.713. The van der Waals surface area contributed by atoms with Crippen LogP contribution in [-0.2, 0) is 13.0 Å². The van der Waals surface area contributed by atoms with Gasteiger partial charge in [-0.25, -0.2) is 0 Å². The van der Waals surface area contributed by atoms with Gasteiger partial charge in [-0.05, 0) is 26.8 Å². The van der Waals surface area contributed by atoms with Crippen LogP contribution in [0.1, 0.15) is 39.4 Å². The van der Waals surface area contributed by atoms with Crippen LogP contribution in [0.25, 0.3) is 0 Å². The van der Waals surface area contributed by atoms with Gasteiger partial charge in [0, 0.05) is 13.0 Å². The Kier molecular flexibility index (Phi) is 4.65. The van der Waals surface area contributed by atoms with Gasteiger partial charge in [-0.2, -0.15) is 4.98 Å². The highest BCUT2D eigenvalue weighted by Crippen LogP contribution is 2.09. The quantitative estimate of drug-likeness (QED) is 0.817. The zero-order chi connectivity index (χ0) is 13.1. The molecule has 0 atom stereocenters. The lowest BCUT2D eigenvalue weighted by Gasteiger charge is -2.23. The van der Waals surface area contributed by atoms with Gasteiger partial charge in [-0.1, -0.05) is 19.0 Å². The standard InChI is InChI=1S/C12H23N3O2/c1-9(2)6-10-13-11(17-14-10)7-15(5)8-12(3,4)16/h9,16H,6-8H2,1-5H3. The van der Waals surface area contributed by atoms with Crippen molar-refractivity contribution >= 4 is 0 Å². The van der Waals surface area contributed by atoms with Crippen LogP contribution >= 0.6 is 0 Å². The average Bonchev–Trinajstić information content (AvgIpc) is 2.46. The minimum Gasteiger partial charge on any atom is -0.389 e. The van der Waals surface area contributed by atoms with Crippen LogP contribution in [0.15, 0.2) is 4.52 Å². The van der Waals surface area contributed by atoms with Crippen LogP contribution in [0.4, 0.5) is 0 Å². The first kappa shape index (κ1) is 14.1. The van der Waals surface area contributed by atoms with Crippen LogP contribution in [0.2, 0.25) is 0 Å². The second kappa shape index (κ2) is 5.60. The van der Waals surface area contributed by atoms with E-state index >= 15 is 0 Å². The summed E-state index contributed by atoms with van der Waals surface area (Å²) in [5.41, 5.74) is -0.713. The van der Waals surface area contributed by atoms with E-state index in [-0.39, 0.29) is 0 Å². The fourth-order valence-corrected chi connectivity index (χ4v) is 1.75. The van der Waals surface area contributed by atoms with Crippen LogP contribution in [-0.4, -0.2) is 39.3 Å². The molecule has 0 fully saturated rings. The third kappa shape index (κ3) is 5.79. The van der Waals surface area contributed by atoms with Gasteiger partial charge in [0.05, 0.1) is 12.1 Å². The molecule has 0 amide bonds. The van der Waals surface area contributed by atoms with Gasteiger partial charge in [0.15, 0.2) is 5.82 Å². The number of aliphatic hydroxyl groups is 1. The van der Waals surface area contributed by atoms with E-state index in [0.29, 0.717) is 24.9 Å². The highest BCUT2D eigenvalue weighted by Gasteiger charge is 2.17. The summed E-state index contributed by atoms with van der Waals surface area (Å²) in [5, 5.41) is 13.6. The number of rotatable bonds is 6. The fourth-order valence-electron chi connectivity index (χ4n) is 1.75. The molecule has 0 bridgehead atoms. The Hall–Kier alpha value is -0.940. The van der Waals surface area contributed by atoms with Crippen molar-refractivity contribution in [1.29, 1.82) is 0 Å². The van der Waals surface area contributed by atoms with Crippen molar-refractivity contribution in [2.45, 2.75) is 46.3 Å². The molecule has 1 N–H and O–H groups in total. The van der Waals surface area contributed by atoms with E-state index in [1.165, 1.54) is 0 Å². The number of nitrogens with zero attached hydrogens (tertiary/aromatic N) is 3. The van der Waals surface area contributed by atoms with Crippen LogP contribution < -0.4 is 0 Å². The van der Waals surface area contributed by atoms with Gasteiger partial charge in [0.25, 0.3) is 0 Å². The number of likely N-dealkylation sites (N-methyl/N-ethyl adjacent to an activating group) is 1. The summed E-state index contributed by atoms with van der Waals surface area (Å²) in [6, 6.07) is 0. The summed E-state index contributed by atoms with van der Waals surface area (Å²) in [5.74, 6) is 1.88. The molecule has 17 heavy (non-hydrogen) atoms. The first-order chi connectivity index (χ1) is 7.76. The molecule has 1 heterocycles. The number of hydrogen-bond acceptors (Lipinski definition) is 5. The molecule has 1 aromatic rings. The Morgan fingerprint density at radius 1 is 1.41 bits per heavy atom. The van der Waals surface area contributed by atoms with Crippen LogP contribution in [0.3, 0.4) is 0 Å². The monoisotopic (exact) mass is 241 g/mol. The third-order valence-corrected chi connectivity index (χ3v) is 2.16. The van der Waals surface area contributed by atoms with Gasteiger partial charge >= 0.3 is 0 Å². The Bertz CT molecular complexity index is 342. The molecule has 98 valence electrons. The van der Waals surface area contributed by atoms with Gasteiger partial charge in [-0.15, -0.1) is 0 Å². The largest absolute Gasteiger partial charge is 0.389 e. The van der Waals surface area contributed by atoms with E-state index in [9.17, 15) is 5.11 Å². The Labute approximate surface area is 103 Å². The van der Waals surface area contributed by atoms with E-state index < -0.39 is 5.60 Å². The molecular weight excluding hydrogens is 218 g/mol. The normalized spacial score (nSPS) is 12.7. The fraction of sp³-hybridized carbons (Fsp3) is 0.833. The molecule has 5 heteroatoms. The summed E-state index contributed by atoms with van der Waals surface area (Å²) in [4.78, 5) is 6.28. The lowest BCUT2D eigenvalue weighted by atomic mass is 10.1. The zero-order valence-corrected chi connectivity index (χ0v) is 11.4. The van der Waals surface area contributed by atoms with Gasteiger partial charge in [-0.3, -0.25) is 4.90 Å². The van der Waals surface area contributed by atoms with E-state index in [1.54, 1.807) is 13.8 Å². The molecule has 0 spiro atoms. The van der Waals surface area contributed by atoms with E-state index in [0.717, 1.165) is 12.2 Å². The third-order valence-electron chi connectivity index (χ3n) is 2.16. The lowest BCUT2D eigenvalue weighted by Crippen LogP contribution is -2.35. The maximum atomic E-state index is 9.68. The summed E-state index contributed by atoms with van der Waals surface area (Å²) >= 11 is 0. The first-order valence-corrected chi connectivity index (χ1v) is 5.98. The smallest absolute Gasteiger partial charge is 0.240 e. The van der Waals surface area contributed by atoms with Crippen molar-refractivity contribution in [2.24, 2.45) is 5.92 Å². The molecule has 0 saturated carbocycles. The second-order valence-corrected chi connectivity index (χ2v) is 5.69. The summed E-state index contributed by atoms with van der Waals surface area (Å²) < 4.78 is 5.17. The number of hydrogen-bond donors (Lipinski definition) is 1. The first-order valence-electron chi connectivity index (χ1n) is 5.98. The van der Waals surface area contributed by atoms with Crippen LogP contribution in [0.5, 0.6) is 0 Å². The van der Waals surface area contributed by atoms with Crippen molar-refractivity contribution in [2.75, 3.05) is 13.6 Å². The van der Waals surface area contributed by atoms with Crippen molar-refractivity contribution in [3.05, 3.63) is 11.7 Å². The molecule has 1 rings (SSSR count). The lowest BCUT2D eigenvalue weighted by molar-refractivity contribution is 0.0397. The SMILES string of the molecule is CC(C)Cc1noc(CN(C)CC(C)(C)O)n1. The Morgan fingerprint density at radius 3 is 2.59 bits per heavy atom. The van der Waals surface area contributed by atoms with Crippen molar-refractivity contribution in [1.82, 2.24) is 15.0 Å². The van der Waals surface area contributed by atoms with E-state index in [1.807, 2.05) is 11.9 Å². The Morgan fingerprint density at radius 2 is 2.06 bits per heavy atom. The second-order valence-electron chi connectivity index (χ2n) is 5.69. The maximum absolute atomic E-state index is 9.68. The van der Waals surface area contributed by atoms with Gasteiger partial charge in [0.2, 0.25) is 5.89 Å². The van der Waals surface area contributed by atoms with E-state index in [2.05, 4.69) is 24.0 Å². The summed E-state index contributed by atoms with van der Waals surface area (Å²) in [7, 11) is 1.92. The number of aromatic nitrogens is 2. The molecule has 0 radical (unpaired) electrons. The highest BCUT2D eigenvalue weighted by atomic mass is 16.5. The van der Waals surface area contributed by atoms with E-state index in [4.69, 9.17) is 4.52 Å². The average molecular weight is 241 g/mol. The molecule has 5 nitrogen and oxygen atoms in total. The zero-order valence-electron chi connectivity index (χ0n) is 11.4. The maximum Gasteiger partial charge on any atom is 0.240 e. The molecule has 0 unspecified atom stereocenters. The molecule has 0 aliphatic heterocycles. The minimum absolute atomic E-state index is 0.523. The highest BCUT2D eigenvalue weighted by molar-refractivity contribution is 4.87. The van der Waals surface area contributed by atoms with Crippen LogP contribution in [0, 0.1) is 5.92 Å². The van der Waals surface area contributed by atoms with Gasteiger partial charge < -0.3 is 9.63 Å².